The zero-order valence-corrected chi connectivity index (χ0v) is 15.3. The summed E-state index contributed by atoms with van der Waals surface area (Å²) >= 11 is 0. The van der Waals surface area contributed by atoms with Gasteiger partial charge >= 0.3 is 0 Å². The van der Waals surface area contributed by atoms with E-state index in [0.29, 0.717) is 18.9 Å². The van der Waals surface area contributed by atoms with Crippen LogP contribution in [0.1, 0.15) is 38.5 Å². The van der Waals surface area contributed by atoms with Crippen LogP contribution in [0.3, 0.4) is 0 Å². The van der Waals surface area contributed by atoms with Crippen LogP contribution in [-0.2, 0) is 24.2 Å². The summed E-state index contributed by atoms with van der Waals surface area (Å²) in [6.45, 7) is 4.03. The van der Waals surface area contributed by atoms with E-state index in [0.717, 1.165) is 5.41 Å². The second-order valence-corrected chi connectivity index (χ2v) is 8.93. The van der Waals surface area contributed by atoms with Gasteiger partial charge in [-0.2, -0.15) is 0 Å². The van der Waals surface area contributed by atoms with E-state index in [1.54, 1.807) is 0 Å². The Labute approximate surface area is 149 Å². The molecule has 2 N–H and O–H groups in total. The molecule has 0 radical (unpaired) electrons. The van der Waals surface area contributed by atoms with Crippen LogP contribution in [0.15, 0.2) is 12.0 Å². The molecule has 0 amide bonds. The van der Waals surface area contributed by atoms with E-state index in [1.165, 1.54) is 32.1 Å². The topological polar surface area (TPSA) is 94.1 Å². The van der Waals surface area contributed by atoms with Crippen molar-refractivity contribution >= 4 is 10.0 Å². The SMILES string of the molecule is C=CS(=O)(=O)NC[C@@H]1C[C@@H]2O[C@H](CO)[C@@H](OCC3CCCCC3)[C@@H]2O1. The summed E-state index contributed by atoms with van der Waals surface area (Å²) in [6.07, 6.45) is 5.46. The molecule has 0 bridgehead atoms. The number of sulfonamides is 1. The minimum Gasteiger partial charge on any atom is -0.394 e. The molecule has 0 aromatic rings. The van der Waals surface area contributed by atoms with Crippen molar-refractivity contribution in [2.24, 2.45) is 5.92 Å². The Morgan fingerprint density at radius 3 is 2.68 bits per heavy atom. The van der Waals surface area contributed by atoms with E-state index in [-0.39, 0.29) is 43.7 Å². The van der Waals surface area contributed by atoms with Crippen molar-refractivity contribution in [1.29, 1.82) is 0 Å². The Morgan fingerprint density at radius 1 is 1.24 bits per heavy atom. The van der Waals surface area contributed by atoms with Gasteiger partial charge in [0.1, 0.15) is 18.3 Å². The predicted octanol–water partition coefficient (Wildman–Crippen LogP) is 0.932. The first-order valence-electron chi connectivity index (χ1n) is 9.18. The number of hydrogen-bond donors (Lipinski definition) is 2. The van der Waals surface area contributed by atoms with Crippen molar-refractivity contribution in [2.75, 3.05) is 19.8 Å². The molecule has 25 heavy (non-hydrogen) atoms. The van der Waals surface area contributed by atoms with Gasteiger partial charge in [0.05, 0.1) is 25.4 Å². The number of aliphatic hydroxyl groups excluding tert-OH is 1. The van der Waals surface area contributed by atoms with Crippen molar-refractivity contribution in [3.05, 3.63) is 12.0 Å². The van der Waals surface area contributed by atoms with Gasteiger partial charge in [0.2, 0.25) is 10.0 Å². The highest BCUT2D eigenvalue weighted by Gasteiger charge is 2.51. The first-order valence-corrected chi connectivity index (χ1v) is 10.7. The van der Waals surface area contributed by atoms with Crippen molar-refractivity contribution in [2.45, 2.75) is 69.0 Å². The third-order valence-corrected chi connectivity index (χ3v) is 6.42. The third-order valence-electron chi connectivity index (χ3n) is 5.41. The van der Waals surface area contributed by atoms with E-state index in [2.05, 4.69) is 11.3 Å². The van der Waals surface area contributed by atoms with Crippen LogP contribution in [0.4, 0.5) is 0 Å². The lowest BCUT2D eigenvalue weighted by Crippen LogP contribution is -2.39. The highest BCUT2D eigenvalue weighted by Crippen LogP contribution is 2.36. The van der Waals surface area contributed by atoms with Crippen molar-refractivity contribution in [3.8, 4) is 0 Å². The van der Waals surface area contributed by atoms with E-state index in [4.69, 9.17) is 14.2 Å². The Balaban J connectivity index is 1.52. The van der Waals surface area contributed by atoms with Gasteiger partial charge in [0.25, 0.3) is 0 Å². The van der Waals surface area contributed by atoms with Gasteiger partial charge in [-0.1, -0.05) is 25.8 Å². The van der Waals surface area contributed by atoms with Crippen molar-refractivity contribution in [3.63, 3.8) is 0 Å². The number of aliphatic hydroxyl groups is 1. The van der Waals surface area contributed by atoms with E-state index in [1.807, 2.05) is 0 Å². The Hall–Kier alpha value is -0.510. The molecule has 2 heterocycles. The summed E-state index contributed by atoms with van der Waals surface area (Å²) in [6, 6.07) is 0. The molecule has 5 atom stereocenters. The molecule has 8 heteroatoms. The second-order valence-electron chi connectivity index (χ2n) is 7.22. The number of fused-ring (bicyclic) bond motifs is 1. The molecule has 0 aromatic carbocycles. The number of rotatable bonds is 8. The molecule has 144 valence electrons. The summed E-state index contributed by atoms with van der Waals surface area (Å²) in [5, 5.41) is 10.5. The van der Waals surface area contributed by atoms with Crippen LogP contribution in [0.2, 0.25) is 0 Å². The lowest BCUT2D eigenvalue weighted by atomic mass is 9.90. The zero-order chi connectivity index (χ0) is 17.9. The minimum atomic E-state index is -3.46. The van der Waals surface area contributed by atoms with Gasteiger partial charge in [0.15, 0.2) is 0 Å². The second kappa shape index (κ2) is 8.45. The molecule has 0 unspecified atom stereocenters. The predicted molar refractivity (Wildman–Crippen MR) is 92.5 cm³/mol. The Kier molecular flexibility index (Phi) is 6.51. The summed E-state index contributed by atoms with van der Waals surface area (Å²) < 4.78 is 43.4. The van der Waals surface area contributed by atoms with Crippen LogP contribution in [0.25, 0.3) is 0 Å². The fourth-order valence-corrected chi connectivity index (χ4v) is 4.58. The zero-order valence-electron chi connectivity index (χ0n) is 14.5. The van der Waals surface area contributed by atoms with Crippen LogP contribution < -0.4 is 4.72 Å². The molecule has 1 saturated carbocycles. The van der Waals surface area contributed by atoms with Gasteiger partial charge in [0, 0.05) is 18.4 Å². The van der Waals surface area contributed by atoms with Gasteiger partial charge in [-0.15, -0.1) is 0 Å². The van der Waals surface area contributed by atoms with Crippen molar-refractivity contribution in [1.82, 2.24) is 4.72 Å². The Bertz CT molecular complexity index is 547. The highest BCUT2D eigenvalue weighted by atomic mass is 32.2. The molecule has 3 aliphatic rings. The summed E-state index contributed by atoms with van der Waals surface area (Å²) in [5.74, 6) is 0.573. The molecule has 2 saturated heterocycles. The monoisotopic (exact) mass is 375 g/mol. The van der Waals surface area contributed by atoms with Crippen LogP contribution in [0, 0.1) is 5.92 Å². The molecule has 2 aliphatic heterocycles. The highest BCUT2D eigenvalue weighted by molar-refractivity contribution is 7.92. The lowest BCUT2D eigenvalue weighted by molar-refractivity contribution is -0.0942. The average molecular weight is 375 g/mol. The van der Waals surface area contributed by atoms with E-state index < -0.39 is 10.0 Å². The molecular weight excluding hydrogens is 346 g/mol. The third kappa shape index (κ3) is 4.81. The molecule has 1 aliphatic carbocycles. The van der Waals surface area contributed by atoms with Gasteiger partial charge in [-0.3, -0.25) is 0 Å². The minimum absolute atomic E-state index is 0.0978. The van der Waals surface area contributed by atoms with Crippen LogP contribution >= 0.6 is 0 Å². The lowest BCUT2D eigenvalue weighted by Gasteiger charge is -2.27. The molecule has 0 aromatic heterocycles. The largest absolute Gasteiger partial charge is 0.394 e. The maximum atomic E-state index is 11.5. The molecule has 0 spiro atoms. The van der Waals surface area contributed by atoms with E-state index >= 15 is 0 Å². The standard InChI is InChI=1S/C17H29NO6S/c1-2-25(20,21)18-9-13-8-14-17(23-13)16(15(10-19)24-14)22-11-12-6-4-3-5-7-12/h2,12-19H,1,3-11H2/t13-,14-,15+,16+,17+/m0/s1. The molecular formula is C17H29NO6S. The first kappa shape index (κ1) is 19.3. The van der Waals surface area contributed by atoms with Crippen LogP contribution in [-0.4, -0.2) is 63.8 Å². The number of hydrogen-bond acceptors (Lipinski definition) is 6. The quantitative estimate of drug-likeness (QED) is 0.656. The average Bonchev–Trinajstić information content (AvgIpc) is 3.16. The van der Waals surface area contributed by atoms with Gasteiger partial charge in [-0.05, 0) is 18.8 Å². The molecule has 7 nitrogen and oxygen atoms in total. The maximum absolute atomic E-state index is 11.5. The Morgan fingerprint density at radius 2 is 2.00 bits per heavy atom. The maximum Gasteiger partial charge on any atom is 0.233 e. The summed E-state index contributed by atoms with van der Waals surface area (Å²) in [4.78, 5) is 0. The molecule has 3 fully saturated rings. The number of ether oxygens (including phenoxy) is 3. The van der Waals surface area contributed by atoms with Gasteiger partial charge in [-0.25, -0.2) is 13.1 Å². The summed E-state index contributed by atoms with van der Waals surface area (Å²) in [7, 11) is -3.46. The first-order chi connectivity index (χ1) is 12.0. The fourth-order valence-electron chi connectivity index (χ4n) is 4.04. The number of nitrogens with one attached hydrogen (secondary N) is 1. The van der Waals surface area contributed by atoms with E-state index in [9.17, 15) is 13.5 Å². The normalized spacial score (nSPS) is 36.4. The summed E-state index contributed by atoms with van der Waals surface area (Å²) in [5.41, 5.74) is 0. The van der Waals surface area contributed by atoms with Crippen molar-refractivity contribution < 1.29 is 27.7 Å². The smallest absolute Gasteiger partial charge is 0.233 e. The van der Waals surface area contributed by atoms with Gasteiger partial charge < -0.3 is 19.3 Å². The molecule has 3 rings (SSSR count). The fraction of sp³-hybridized carbons (Fsp3) is 0.882. The van der Waals surface area contributed by atoms with Crippen LogP contribution in [0.5, 0.6) is 0 Å².